The number of nitrogens with zero attached hydrogens (tertiary/aromatic N) is 1. The highest BCUT2D eigenvalue weighted by Crippen LogP contribution is 2.17. The van der Waals surface area contributed by atoms with Gasteiger partial charge in [0.15, 0.2) is 0 Å². The number of hydrogen-bond donors (Lipinski definition) is 0. The highest BCUT2D eigenvalue weighted by atomic mass is 35.5. The Labute approximate surface area is 101 Å². The molecular formula is C12H16ClF2N. The van der Waals surface area contributed by atoms with E-state index in [9.17, 15) is 8.78 Å². The average Bonchev–Trinajstić information content (AvgIpc) is 2.25. The Morgan fingerprint density at radius 2 is 1.56 bits per heavy atom. The molecule has 2 rings (SSSR count). The molecule has 1 aliphatic heterocycles. The molecule has 0 aliphatic carbocycles. The normalized spacial score (nSPS) is 16.9. The Morgan fingerprint density at radius 3 is 2.12 bits per heavy atom. The van der Waals surface area contributed by atoms with Crippen LogP contribution in [-0.2, 0) is 6.54 Å². The van der Waals surface area contributed by atoms with Crippen molar-refractivity contribution < 1.29 is 8.78 Å². The molecule has 1 nitrogen and oxygen atoms in total. The Bertz CT molecular complexity index is 318. The zero-order chi connectivity index (χ0) is 10.7. The Balaban J connectivity index is 0.00000128. The molecule has 1 aromatic carbocycles. The third kappa shape index (κ3) is 3.16. The van der Waals surface area contributed by atoms with E-state index in [4.69, 9.17) is 0 Å². The van der Waals surface area contributed by atoms with E-state index in [0.717, 1.165) is 25.9 Å². The van der Waals surface area contributed by atoms with Gasteiger partial charge in [-0.05, 0) is 38.1 Å². The van der Waals surface area contributed by atoms with Crippen LogP contribution in [0.1, 0.15) is 24.8 Å². The molecule has 0 N–H and O–H groups in total. The first-order valence-corrected chi connectivity index (χ1v) is 5.42. The molecule has 4 heteroatoms. The van der Waals surface area contributed by atoms with Gasteiger partial charge in [-0.1, -0.05) is 12.5 Å². The zero-order valence-electron chi connectivity index (χ0n) is 9.09. The summed E-state index contributed by atoms with van der Waals surface area (Å²) >= 11 is 0. The molecule has 0 amide bonds. The lowest BCUT2D eigenvalue weighted by Gasteiger charge is -2.26. The lowest BCUT2D eigenvalue weighted by Crippen LogP contribution is -2.29. The van der Waals surface area contributed by atoms with Crippen molar-refractivity contribution in [1.82, 2.24) is 4.90 Å². The predicted molar refractivity (Wildman–Crippen MR) is 62.7 cm³/mol. The zero-order valence-corrected chi connectivity index (χ0v) is 9.90. The molecule has 1 aromatic rings. The molecule has 0 unspecified atom stereocenters. The van der Waals surface area contributed by atoms with Crippen molar-refractivity contribution in [2.75, 3.05) is 13.1 Å². The van der Waals surface area contributed by atoms with Crippen LogP contribution in [0.15, 0.2) is 18.2 Å². The van der Waals surface area contributed by atoms with E-state index < -0.39 is 11.6 Å². The van der Waals surface area contributed by atoms with Gasteiger partial charge in [0.05, 0.1) is 0 Å². The number of hydrogen-bond acceptors (Lipinski definition) is 1. The van der Waals surface area contributed by atoms with E-state index in [0.29, 0.717) is 6.54 Å². The summed E-state index contributed by atoms with van der Waals surface area (Å²) in [5.74, 6) is -0.860. The Kier molecular flexibility index (Phi) is 5.16. The van der Waals surface area contributed by atoms with Gasteiger partial charge in [0.1, 0.15) is 11.6 Å². The number of halogens is 3. The van der Waals surface area contributed by atoms with E-state index in [2.05, 4.69) is 4.90 Å². The summed E-state index contributed by atoms with van der Waals surface area (Å²) in [5.41, 5.74) is 0.208. The fraction of sp³-hybridized carbons (Fsp3) is 0.500. The third-order valence-corrected chi connectivity index (χ3v) is 2.89. The topological polar surface area (TPSA) is 3.24 Å². The van der Waals surface area contributed by atoms with Gasteiger partial charge in [0, 0.05) is 12.1 Å². The fourth-order valence-corrected chi connectivity index (χ4v) is 2.02. The van der Waals surface area contributed by atoms with Crippen molar-refractivity contribution in [3.63, 3.8) is 0 Å². The minimum Gasteiger partial charge on any atom is -0.299 e. The Hall–Kier alpha value is -0.670. The van der Waals surface area contributed by atoms with Gasteiger partial charge in [-0.15, -0.1) is 12.4 Å². The molecule has 1 aliphatic rings. The van der Waals surface area contributed by atoms with Crippen LogP contribution < -0.4 is 0 Å². The first-order valence-electron chi connectivity index (χ1n) is 5.42. The average molecular weight is 248 g/mol. The second-order valence-electron chi connectivity index (χ2n) is 4.04. The molecule has 0 radical (unpaired) electrons. The summed E-state index contributed by atoms with van der Waals surface area (Å²) in [6.45, 7) is 2.31. The van der Waals surface area contributed by atoms with Crippen LogP contribution in [0.25, 0.3) is 0 Å². The van der Waals surface area contributed by atoms with Gasteiger partial charge in [-0.2, -0.15) is 0 Å². The molecule has 0 saturated carbocycles. The molecule has 90 valence electrons. The van der Waals surface area contributed by atoms with Crippen LogP contribution in [0.2, 0.25) is 0 Å². The summed E-state index contributed by atoms with van der Waals surface area (Å²) in [4.78, 5) is 2.12. The quantitative estimate of drug-likeness (QED) is 0.775. The number of benzene rings is 1. The van der Waals surface area contributed by atoms with Crippen LogP contribution >= 0.6 is 12.4 Å². The van der Waals surface area contributed by atoms with Crippen molar-refractivity contribution in [2.24, 2.45) is 0 Å². The van der Waals surface area contributed by atoms with Gasteiger partial charge >= 0.3 is 0 Å². The van der Waals surface area contributed by atoms with Crippen LogP contribution in [0.4, 0.5) is 8.78 Å². The minimum atomic E-state index is -0.430. The Morgan fingerprint density at radius 1 is 1.00 bits per heavy atom. The third-order valence-electron chi connectivity index (χ3n) is 2.89. The maximum atomic E-state index is 13.3. The minimum absolute atomic E-state index is 0. The number of piperidine rings is 1. The summed E-state index contributed by atoms with van der Waals surface area (Å²) in [5, 5.41) is 0. The monoisotopic (exact) mass is 247 g/mol. The summed E-state index contributed by atoms with van der Waals surface area (Å²) < 4.78 is 26.7. The first kappa shape index (κ1) is 13.4. The molecule has 1 fully saturated rings. The van der Waals surface area contributed by atoms with Crippen molar-refractivity contribution in [1.29, 1.82) is 0 Å². The lowest BCUT2D eigenvalue weighted by atomic mass is 10.1. The molecule has 0 spiro atoms. The van der Waals surface area contributed by atoms with Crippen molar-refractivity contribution in [3.05, 3.63) is 35.4 Å². The smallest absolute Gasteiger partial charge is 0.130 e. The molecule has 1 heterocycles. The van der Waals surface area contributed by atoms with Crippen molar-refractivity contribution in [3.8, 4) is 0 Å². The first-order chi connectivity index (χ1) is 7.27. The molecule has 0 bridgehead atoms. The predicted octanol–water partition coefficient (Wildman–Crippen LogP) is 3.37. The van der Waals surface area contributed by atoms with Crippen LogP contribution in [-0.4, -0.2) is 18.0 Å². The SMILES string of the molecule is Cl.Fc1cccc(F)c1CN1CCCCC1. The molecule has 0 aromatic heterocycles. The molecule has 16 heavy (non-hydrogen) atoms. The maximum Gasteiger partial charge on any atom is 0.130 e. The van der Waals surface area contributed by atoms with Crippen LogP contribution in [0.5, 0.6) is 0 Å². The maximum absolute atomic E-state index is 13.3. The van der Waals surface area contributed by atoms with Crippen LogP contribution in [0.3, 0.4) is 0 Å². The summed E-state index contributed by atoms with van der Waals surface area (Å²) in [6.07, 6.45) is 3.50. The van der Waals surface area contributed by atoms with Crippen molar-refractivity contribution >= 4 is 12.4 Å². The second kappa shape index (κ2) is 6.16. The van der Waals surface area contributed by atoms with Gasteiger partial charge in [-0.3, -0.25) is 4.90 Å². The van der Waals surface area contributed by atoms with Gasteiger partial charge in [-0.25, -0.2) is 8.78 Å². The summed E-state index contributed by atoms with van der Waals surface area (Å²) in [7, 11) is 0. The van der Waals surface area contributed by atoms with Gasteiger partial charge < -0.3 is 0 Å². The van der Waals surface area contributed by atoms with Crippen molar-refractivity contribution in [2.45, 2.75) is 25.8 Å². The van der Waals surface area contributed by atoms with E-state index >= 15 is 0 Å². The summed E-state index contributed by atoms with van der Waals surface area (Å²) in [6, 6.07) is 4.05. The number of likely N-dealkylation sites (tertiary alicyclic amines) is 1. The molecular weight excluding hydrogens is 232 g/mol. The van der Waals surface area contributed by atoms with E-state index in [1.807, 2.05) is 0 Å². The molecule has 0 atom stereocenters. The standard InChI is InChI=1S/C12H15F2N.ClH/c13-11-5-4-6-12(14)10(11)9-15-7-2-1-3-8-15;/h4-6H,1-3,7-9H2;1H. The second-order valence-corrected chi connectivity index (χ2v) is 4.04. The highest BCUT2D eigenvalue weighted by Gasteiger charge is 2.15. The largest absolute Gasteiger partial charge is 0.299 e. The molecule has 1 saturated heterocycles. The van der Waals surface area contributed by atoms with E-state index in [-0.39, 0.29) is 18.0 Å². The van der Waals surface area contributed by atoms with Crippen LogP contribution in [0, 0.1) is 11.6 Å². The van der Waals surface area contributed by atoms with Gasteiger partial charge in [0.2, 0.25) is 0 Å². The van der Waals surface area contributed by atoms with E-state index in [1.54, 1.807) is 0 Å². The van der Waals surface area contributed by atoms with Gasteiger partial charge in [0.25, 0.3) is 0 Å². The fourth-order valence-electron chi connectivity index (χ4n) is 2.02. The van der Waals surface area contributed by atoms with E-state index in [1.165, 1.54) is 24.6 Å². The number of rotatable bonds is 2. The highest BCUT2D eigenvalue weighted by molar-refractivity contribution is 5.85. The lowest BCUT2D eigenvalue weighted by molar-refractivity contribution is 0.215.